The number of benzene rings is 2. The van der Waals surface area contributed by atoms with Crippen molar-refractivity contribution in [2.45, 2.75) is 24.3 Å². The van der Waals surface area contributed by atoms with Gasteiger partial charge in [-0.2, -0.15) is 0 Å². The first-order chi connectivity index (χ1) is 11.5. The van der Waals surface area contributed by atoms with Crippen molar-refractivity contribution in [2.75, 3.05) is 12.4 Å². The standard InChI is InChI=1S/C18H21NO4S/c1-2-24(22,23)16-10-8-14(9-11-16)17(12-13-20)19-18(21)15-6-4-3-5-7-15/h3-11,17,20H,2,12-13H2,1H3,(H,19,21). The number of aliphatic hydroxyl groups excluding tert-OH is 1. The van der Waals surface area contributed by atoms with Crippen molar-refractivity contribution in [3.63, 3.8) is 0 Å². The fourth-order valence-corrected chi connectivity index (χ4v) is 3.24. The van der Waals surface area contributed by atoms with Gasteiger partial charge in [-0.3, -0.25) is 4.79 Å². The first kappa shape index (κ1) is 18.2. The summed E-state index contributed by atoms with van der Waals surface area (Å²) in [6, 6.07) is 14.8. The zero-order valence-electron chi connectivity index (χ0n) is 13.5. The Labute approximate surface area is 142 Å². The van der Waals surface area contributed by atoms with E-state index in [0.29, 0.717) is 12.0 Å². The molecule has 5 nitrogen and oxygen atoms in total. The van der Waals surface area contributed by atoms with E-state index in [0.717, 1.165) is 5.56 Å². The molecule has 0 spiro atoms. The zero-order chi connectivity index (χ0) is 17.6. The number of aliphatic hydroxyl groups is 1. The van der Waals surface area contributed by atoms with E-state index in [1.807, 2.05) is 6.07 Å². The molecule has 6 heteroatoms. The van der Waals surface area contributed by atoms with Crippen LogP contribution >= 0.6 is 0 Å². The number of amides is 1. The SMILES string of the molecule is CCS(=O)(=O)c1ccc(C(CCO)NC(=O)c2ccccc2)cc1. The maximum Gasteiger partial charge on any atom is 0.251 e. The molecule has 2 aromatic carbocycles. The second kappa shape index (κ2) is 8.08. The van der Waals surface area contributed by atoms with E-state index in [1.54, 1.807) is 43.3 Å². The normalized spacial score (nSPS) is 12.6. The summed E-state index contributed by atoms with van der Waals surface area (Å²) >= 11 is 0. The van der Waals surface area contributed by atoms with E-state index in [1.165, 1.54) is 12.1 Å². The van der Waals surface area contributed by atoms with Gasteiger partial charge in [0, 0.05) is 12.2 Å². The van der Waals surface area contributed by atoms with Crippen LogP contribution in [-0.4, -0.2) is 31.8 Å². The highest BCUT2D eigenvalue weighted by Gasteiger charge is 2.17. The third kappa shape index (κ3) is 4.43. The molecule has 0 aromatic heterocycles. The van der Waals surface area contributed by atoms with Crippen LogP contribution < -0.4 is 5.32 Å². The Balaban J connectivity index is 2.20. The van der Waals surface area contributed by atoms with E-state index < -0.39 is 9.84 Å². The Bertz CT molecular complexity index is 770. The first-order valence-corrected chi connectivity index (χ1v) is 9.42. The van der Waals surface area contributed by atoms with Crippen LogP contribution in [0.5, 0.6) is 0 Å². The molecule has 0 aliphatic carbocycles. The quantitative estimate of drug-likeness (QED) is 0.805. The number of hydrogen-bond donors (Lipinski definition) is 2. The number of rotatable bonds is 7. The van der Waals surface area contributed by atoms with Gasteiger partial charge in [-0.15, -0.1) is 0 Å². The molecule has 2 N–H and O–H groups in total. The van der Waals surface area contributed by atoms with E-state index in [4.69, 9.17) is 0 Å². The summed E-state index contributed by atoms with van der Waals surface area (Å²) in [6.45, 7) is 1.51. The van der Waals surface area contributed by atoms with Crippen molar-refractivity contribution in [1.29, 1.82) is 0 Å². The van der Waals surface area contributed by atoms with Crippen molar-refractivity contribution in [3.8, 4) is 0 Å². The van der Waals surface area contributed by atoms with E-state index in [2.05, 4.69) is 5.32 Å². The van der Waals surface area contributed by atoms with Crippen molar-refractivity contribution < 1.29 is 18.3 Å². The average molecular weight is 347 g/mol. The van der Waals surface area contributed by atoms with Gasteiger partial charge >= 0.3 is 0 Å². The maximum absolute atomic E-state index is 12.3. The number of hydrogen-bond acceptors (Lipinski definition) is 4. The van der Waals surface area contributed by atoms with Crippen LogP contribution in [0.15, 0.2) is 59.5 Å². The monoisotopic (exact) mass is 347 g/mol. The van der Waals surface area contributed by atoms with Gasteiger partial charge in [-0.05, 0) is 36.2 Å². The van der Waals surface area contributed by atoms with Crippen molar-refractivity contribution in [2.24, 2.45) is 0 Å². The van der Waals surface area contributed by atoms with Crippen LogP contribution in [0.2, 0.25) is 0 Å². The molecular weight excluding hydrogens is 326 g/mol. The minimum absolute atomic E-state index is 0.0388. The van der Waals surface area contributed by atoms with Crippen molar-refractivity contribution >= 4 is 15.7 Å². The number of sulfone groups is 1. The van der Waals surface area contributed by atoms with Gasteiger partial charge in [-0.1, -0.05) is 37.3 Å². The Hall–Kier alpha value is -2.18. The predicted octanol–water partition coefficient (Wildman–Crippen LogP) is 2.33. The zero-order valence-corrected chi connectivity index (χ0v) is 14.3. The van der Waals surface area contributed by atoms with Gasteiger partial charge in [0.25, 0.3) is 5.91 Å². The molecule has 2 rings (SSSR count). The molecule has 0 fully saturated rings. The molecule has 1 atom stereocenters. The van der Waals surface area contributed by atoms with Crippen LogP contribution in [0.4, 0.5) is 0 Å². The van der Waals surface area contributed by atoms with Crippen LogP contribution in [0.3, 0.4) is 0 Å². The largest absolute Gasteiger partial charge is 0.396 e. The Morgan fingerprint density at radius 3 is 2.25 bits per heavy atom. The van der Waals surface area contributed by atoms with Gasteiger partial charge in [0.15, 0.2) is 9.84 Å². The summed E-state index contributed by atoms with van der Waals surface area (Å²) in [6.07, 6.45) is 0.346. The summed E-state index contributed by atoms with van der Waals surface area (Å²) in [5, 5.41) is 12.1. The fourth-order valence-electron chi connectivity index (χ4n) is 2.36. The average Bonchev–Trinajstić information content (AvgIpc) is 2.62. The Kier molecular flexibility index (Phi) is 6.11. The summed E-state index contributed by atoms with van der Waals surface area (Å²) < 4.78 is 23.7. The lowest BCUT2D eigenvalue weighted by atomic mass is 10.0. The second-order valence-electron chi connectivity index (χ2n) is 5.38. The Morgan fingerprint density at radius 2 is 1.71 bits per heavy atom. The van der Waals surface area contributed by atoms with Crippen LogP contribution in [0.25, 0.3) is 0 Å². The molecule has 1 amide bonds. The lowest BCUT2D eigenvalue weighted by Gasteiger charge is -2.19. The highest BCUT2D eigenvalue weighted by atomic mass is 32.2. The molecular formula is C18H21NO4S. The number of nitrogens with one attached hydrogen (secondary N) is 1. The first-order valence-electron chi connectivity index (χ1n) is 7.77. The minimum Gasteiger partial charge on any atom is -0.396 e. The maximum atomic E-state index is 12.3. The summed E-state index contributed by atoms with van der Waals surface area (Å²) in [4.78, 5) is 12.5. The van der Waals surface area contributed by atoms with E-state index >= 15 is 0 Å². The highest BCUT2D eigenvalue weighted by molar-refractivity contribution is 7.91. The van der Waals surface area contributed by atoms with Gasteiger partial charge < -0.3 is 10.4 Å². The van der Waals surface area contributed by atoms with Gasteiger partial charge in [0.1, 0.15) is 0 Å². The van der Waals surface area contributed by atoms with Gasteiger partial charge in [0.05, 0.1) is 16.7 Å². The third-order valence-corrected chi connectivity index (χ3v) is 5.53. The summed E-state index contributed by atoms with van der Waals surface area (Å²) in [5.74, 6) is -0.198. The van der Waals surface area contributed by atoms with Gasteiger partial charge in [0.2, 0.25) is 0 Å². The lowest BCUT2D eigenvalue weighted by Crippen LogP contribution is -2.29. The van der Waals surface area contributed by atoms with Crippen molar-refractivity contribution in [3.05, 3.63) is 65.7 Å². The number of carbonyl (C=O) groups is 1. The second-order valence-corrected chi connectivity index (χ2v) is 7.66. The molecule has 0 saturated heterocycles. The van der Waals surface area contributed by atoms with Crippen LogP contribution in [-0.2, 0) is 9.84 Å². The predicted molar refractivity (Wildman–Crippen MR) is 92.5 cm³/mol. The van der Waals surface area contributed by atoms with Gasteiger partial charge in [-0.25, -0.2) is 8.42 Å². The minimum atomic E-state index is -3.26. The lowest BCUT2D eigenvalue weighted by molar-refractivity contribution is 0.0930. The van der Waals surface area contributed by atoms with E-state index in [9.17, 15) is 18.3 Å². The topological polar surface area (TPSA) is 83.5 Å². The van der Waals surface area contributed by atoms with Crippen LogP contribution in [0.1, 0.15) is 35.3 Å². The molecule has 1 unspecified atom stereocenters. The smallest absolute Gasteiger partial charge is 0.251 e. The third-order valence-electron chi connectivity index (χ3n) is 3.78. The fraction of sp³-hybridized carbons (Fsp3) is 0.278. The number of carbonyl (C=O) groups excluding carboxylic acids is 1. The summed E-state index contributed by atoms with van der Waals surface area (Å²) in [5.41, 5.74) is 1.29. The molecule has 2 aromatic rings. The Morgan fingerprint density at radius 1 is 1.08 bits per heavy atom. The molecule has 0 radical (unpaired) electrons. The molecule has 24 heavy (non-hydrogen) atoms. The molecule has 0 heterocycles. The summed E-state index contributed by atoms with van der Waals surface area (Å²) in [7, 11) is -3.26. The molecule has 0 saturated carbocycles. The highest BCUT2D eigenvalue weighted by Crippen LogP contribution is 2.20. The molecule has 128 valence electrons. The molecule has 0 aliphatic heterocycles. The molecule has 0 bridgehead atoms. The van der Waals surface area contributed by atoms with Crippen LogP contribution in [0, 0.1) is 0 Å². The van der Waals surface area contributed by atoms with Crippen molar-refractivity contribution in [1.82, 2.24) is 5.32 Å². The molecule has 0 aliphatic rings. The van der Waals surface area contributed by atoms with E-state index in [-0.39, 0.29) is 29.2 Å².